The molecule has 2 atom stereocenters. The van der Waals surface area contributed by atoms with Gasteiger partial charge in [-0.2, -0.15) is 0 Å². The molecule has 1 rings (SSSR count). The van der Waals surface area contributed by atoms with Gasteiger partial charge in [0.25, 0.3) is 0 Å². The third-order valence-electron chi connectivity index (χ3n) is 4.27. The summed E-state index contributed by atoms with van der Waals surface area (Å²) >= 11 is 0. The lowest BCUT2D eigenvalue weighted by Crippen LogP contribution is -2.50. The van der Waals surface area contributed by atoms with Crippen LogP contribution < -0.4 is 5.32 Å². The van der Waals surface area contributed by atoms with Gasteiger partial charge in [0.2, 0.25) is 0 Å². The number of aliphatic carboxylic acids is 1. The monoisotopic (exact) mass is 288 g/mol. The number of hydrogen-bond donors (Lipinski definition) is 2. The summed E-state index contributed by atoms with van der Waals surface area (Å²) in [6, 6.07) is 0.297. The Hall–Kier alpha value is -0.690. The zero-order valence-corrected chi connectivity index (χ0v) is 12.9. The van der Waals surface area contributed by atoms with Crippen molar-refractivity contribution in [3.63, 3.8) is 0 Å². The van der Waals surface area contributed by atoms with Crippen molar-refractivity contribution >= 4 is 5.97 Å². The third-order valence-corrected chi connectivity index (χ3v) is 4.27. The van der Waals surface area contributed by atoms with Crippen LogP contribution in [-0.2, 0) is 14.3 Å². The molecule has 0 aromatic rings. The Labute approximate surface area is 121 Å². The van der Waals surface area contributed by atoms with Crippen LogP contribution in [0, 0.1) is 0 Å². The first-order valence-corrected chi connectivity index (χ1v) is 7.24. The summed E-state index contributed by atoms with van der Waals surface area (Å²) in [6.07, 6.45) is 3.19. The molecule has 0 aromatic heterocycles. The number of rotatable bonds is 10. The molecule has 118 valence electrons. The fourth-order valence-electron chi connectivity index (χ4n) is 2.96. The molecule has 0 radical (unpaired) electrons. The largest absolute Gasteiger partial charge is 0.480 e. The maximum absolute atomic E-state index is 11.5. The van der Waals surface area contributed by atoms with Gasteiger partial charge in [0.1, 0.15) is 5.54 Å². The van der Waals surface area contributed by atoms with Crippen molar-refractivity contribution in [2.24, 2.45) is 0 Å². The molecule has 1 aliphatic rings. The average molecular weight is 288 g/mol. The summed E-state index contributed by atoms with van der Waals surface area (Å²) in [7, 11) is 5.13. The molecule has 0 spiro atoms. The summed E-state index contributed by atoms with van der Waals surface area (Å²) in [5.74, 6) is -0.744. The Morgan fingerprint density at radius 2 is 2.05 bits per heavy atom. The highest BCUT2D eigenvalue weighted by Gasteiger charge is 2.45. The van der Waals surface area contributed by atoms with Crippen molar-refractivity contribution < 1.29 is 19.4 Å². The lowest BCUT2D eigenvalue weighted by Gasteiger charge is -2.30. The summed E-state index contributed by atoms with van der Waals surface area (Å²) in [6.45, 7) is 3.15. The first kappa shape index (κ1) is 17.4. The van der Waals surface area contributed by atoms with E-state index in [1.54, 1.807) is 21.3 Å². The molecular weight excluding hydrogens is 260 g/mol. The average Bonchev–Trinajstić information content (AvgIpc) is 2.88. The molecule has 0 aromatic carbocycles. The van der Waals surface area contributed by atoms with Crippen LogP contribution in [0.1, 0.15) is 25.7 Å². The second-order valence-electron chi connectivity index (χ2n) is 5.41. The fourth-order valence-corrected chi connectivity index (χ4v) is 2.96. The topological polar surface area (TPSA) is 71.0 Å². The lowest BCUT2D eigenvalue weighted by atomic mass is 9.98. The molecule has 0 heterocycles. The molecule has 0 amide bonds. The third kappa shape index (κ3) is 4.41. The van der Waals surface area contributed by atoms with E-state index in [9.17, 15) is 9.90 Å². The van der Waals surface area contributed by atoms with Crippen LogP contribution in [0.25, 0.3) is 0 Å². The highest BCUT2D eigenvalue weighted by molar-refractivity contribution is 5.79. The number of carboxylic acid groups (broad SMARTS) is 1. The maximum Gasteiger partial charge on any atom is 0.323 e. The van der Waals surface area contributed by atoms with Crippen molar-refractivity contribution in [2.75, 3.05) is 47.6 Å². The number of methoxy groups -OCH3 is 2. The first-order valence-electron chi connectivity index (χ1n) is 7.24. The normalized spacial score (nSPS) is 26.3. The van der Waals surface area contributed by atoms with Crippen molar-refractivity contribution in [3.8, 4) is 0 Å². The van der Waals surface area contributed by atoms with E-state index in [1.165, 1.54) is 0 Å². The van der Waals surface area contributed by atoms with E-state index in [-0.39, 0.29) is 0 Å². The smallest absolute Gasteiger partial charge is 0.323 e. The second kappa shape index (κ2) is 8.56. The van der Waals surface area contributed by atoms with E-state index >= 15 is 0 Å². The summed E-state index contributed by atoms with van der Waals surface area (Å²) < 4.78 is 10.3. The van der Waals surface area contributed by atoms with E-state index in [2.05, 4.69) is 10.2 Å². The van der Waals surface area contributed by atoms with Gasteiger partial charge in [-0.15, -0.1) is 0 Å². The SMILES string of the molecule is CNC1(C(=O)O)CCC(N(CCCOC)CCOC)C1. The van der Waals surface area contributed by atoms with Crippen LogP contribution >= 0.6 is 0 Å². The van der Waals surface area contributed by atoms with Gasteiger partial charge in [0, 0.05) is 40.0 Å². The minimum atomic E-state index is -0.767. The Morgan fingerprint density at radius 1 is 1.35 bits per heavy atom. The molecule has 1 fully saturated rings. The molecule has 0 bridgehead atoms. The van der Waals surface area contributed by atoms with Gasteiger partial charge in [-0.3, -0.25) is 9.69 Å². The summed E-state index contributed by atoms with van der Waals surface area (Å²) in [4.78, 5) is 13.8. The van der Waals surface area contributed by atoms with E-state index in [1.807, 2.05) is 0 Å². The van der Waals surface area contributed by atoms with Crippen LogP contribution in [0.4, 0.5) is 0 Å². The van der Waals surface area contributed by atoms with Gasteiger partial charge in [-0.1, -0.05) is 0 Å². The minimum absolute atomic E-state index is 0.297. The molecule has 0 saturated heterocycles. The molecule has 6 nitrogen and oxygen atoms in total. The summed E-state index contributed by atoms with van der Waals surface area (Å²) in [5.41, 5.74) is -0.767. The van der Waals surface area contributed by atoms with Crippen LogP contribution in [0.3, 0.4) is 0 Å². The zero-order valence-electron chi connectivity index (χ0n) is 12.9. The van der Waals surface area contributed by atoms with Crippen molar-refractivity contribution in [3.05, 3.63) is 0 Å². The Morgan fingerprint density at radius 3 is 2.55 bits per heavy atom. The molecule has 1 saturated carbocycles. The van der Waals surface area contributed by atoms with E-state index in [4.69, 9.17) is 9.47 Å². The molecular formula is C14H28N2O4. The molecule has 20 heavy (non-hydrogen) atoms. The number of nitrogens with zero attached hydrogens (tertiary/aromatic N) is 1. The molecule has 1 aliphatic carbocycles. The number of ether oxygens (including phenoxy) is 2. The van der Waals surface area contributed by atoms with Crippen LogP contribution in [0.5, 0.6) is 0 Å². The Bertz CT molecular complexity index is 301. The van der Waals surface area contributed by atoms with Gasteiger partial charge in [0.05, 0.1) is 6.61 Å². The zero-order chi connectivity index (χ0) is 15.0. The van der Waals surface area contributed by atoms with Crippen molar-refractivity contribution in [2.45, 2.75) is 37.3 Å². The number of carbonyl (C=O) groups is 1. The summed E-state index contributed by atoms with van der Waals surface area (Å²) in [5, 5.41) is 12.4. The van der Waals surface area contributed by atoms with Crippen molar-refractivity contribution in [1.82, 2.24) is 10.2 Å². The van der Waals surface area contributed by atoms with Gasteiger partial charge < -0.3 is 19.9 Å². The second-order valence-corrected chi connectivity index (χ2v) is 5.41. The Kier molecular flexibility index (Phi) is 7.43. The predicted octanol–water partition coefficient (Wildman–Crippen LogP) is 0.567. The van der Waals surface area contributed by atoms with E-state index in [0.29, 0.717) is 25.5 Å². The number of likely N-dealkylation sites (N-methyl/N-ethyl adjacent to an activating group) is 1. The molecule has 2 unspecified atom stereocenters. The van der Waals surface area contributed by atoms with E-state index < -0.39 is 11.5 Å². The lowest BCUT2D eigenvalue weighted by molar-refractivity contribution is -0.144. The van der Waals surface area contributed by atoms with Gasteiger partial charge >= 0.3 is 5.97 Å². The maximum atomic E-state index is 11.5. The van der Waals surface area contributed by atoms with Crippen LogP contribution in [0.2, 0.25) is 0 Å². The van der Waals surface area contributed by atoms with Crippen LogP contribution in [-0.4, -0.2) is 75.1 Å². The number of carboxylic acids is 1. The quantitative estimate of drug-likeness (QED) is 0.573. The van der Waals surface area contributed by atoms with E-state index in [0.717, 1.165) is 32.5 Å². The standard InChI is InChI=1S/C14H28N2O4/c1-15-14(13(17)18)6-5-12(11-14)16(8-10-20-3)7-4-9-19-2/h12,15H,4-11H2,1-3H3,(H,17,18). The van der Waals surface area contributed by atoms with Gasteiger partial charge in [-0.05, 0) is 32.7 Å². The molecule has 0 aliphatic heterocycles. The molecule has 2 N–H and O–H groups in total. The number of hydrogen-bond acceptors (Lipinski definition) is 5. The molecule has 6 heteroatoms. The van der Waals surface area contributed by atoms with Gasteiger partial charge in [-0.25, -0.2) is 0 Å². The number of nitrogens with one attached hydrogen (secondary N) is 1. The minimum Gasteiger partial charge on any atom is -0.480 e. The highest BCUT2D eigenvalue weighted by Crippen LogP contribution is 2.33. The fraction of sp³-hybridized carbons (Fsp3) is 0.929. The Balaban J connectivity index is 2.60. The van der Waals surface area contributed by atoms with Crippen LogP contribution in [0.15, 0.2) is 0 Å². The first-order chi connectivity index (χ1) is 9.59. The van der Waals surface area contributed by atoms with Crippen molar-refractivity contribution in [1.29, 1.82) is 0 Å². The van der Waals surface area contributed by atoms with Gasteiger partial charge in [0.15, 0.2) is 0 Å². The highest BCUT2D eigenvalue weighted by atomic mass is 16.5. The predicted molar refractivity (Wildman–Crippen MR) is 77.0 cm³/mol.